The molecule has 31 heavy (non-hydrogen) atoms. The van der Waals surface area contributed by atoms with Crippen molar-refractivity contribution in [1.82, 2.24) is 0 Å². The van der Waals surface area contributed by atoms with Crippen molar-refractivity contribution in [3.8, 4) is 0 Å². The van der Waals surface area contributed by atoms with E-state index in [4.69, 9.17) is 23.7 Å². The highest BCUT2D eigenvalue weighted by molar-refractivity contribution is 4.95. The van der Waals surface area contributed by atoms with Crippen molar-refractivity contribution in [3.05, 3.63) is 0 Å². The molecule has 0 amide bonds. The Balaban J connectivity index is 2.15. The second-order valence-electron chi connectivity index (χ2n) is 9.94. The fourth-order valence-corrected chi connectivity index (χ4v) is 3.54. The van der Waals surface area contributed by atoms with Gasteiger partial charge in [0.25, 0.3) is 0 Å². The van der Waals surface area contributed by atoms with Gasteiger partial charge in [0, 0.05) is 0 Å². The summed E-state index contributed by atoms with van der Waals surface area (Å²) in [4.78, 5) is 0. The van der Waals surface area contributed by atoms with E-state index in [2.05, 4.69) is 0 Å². The summed E-state index contributed by atoms with van der Waals surface area (Å²) in [6.45, 7) is 9.37. The minimum absolute atomic E-state index is 0.526. The molecule has 0 bridgehead atoms. The summed E-state index contributed by atoms with van der Waals surface area (Å²) in [6.07, 6.45) is -13.3. The zero-order valence-corrected chi connectivity index (χ0v) is 18.9. The van der Waals surface area contributed by atoms with Gasteiger partial charge in [0.1, 0.15) is 48.8 Å². The Labute approximate surface area is 182 Å². The Morgan fingerprint density at radius 2 is 1.03 bits per heavy atom. The first kappa shape index (κ1) is 26.8. The minimum atomic E-state index is -1.60. The fourth-order valence-electron chi connectivity index (χ4n) is 3.54. The molecule has 184 valence electrons. The van der Waals surface area contributed by atoms with Crippen LogP contribution in [-0.2, 0) is 23.7 Å². The molecule has 0 aromatic carbocycles. The zero-order chi connectivity index (χ0) is 23.7. The van der Waals surface area contributed by atoms with Crippen molar-refractivity contribution in [2.24, 2.45) is 0 Å². The molecule has 10 atom stereocenters. The van der Waals surface area contributed by atoms with Crippen LogP contribution in [0.3, 0.4) is 0 Å². The molecule has 0 aliphatic carbocycles. The molecule has 0 saturated carbocycles. The van der Waals surface area contributed by atoms with Gasteiger partial charge in [-0.25, -0.2) is 0 Å². The van der Waals surface area contributed by atoms with Gasteiger partial charge in [-0.05, 0) is 41.5 Å². The molecule has 2 saturated heterocycles. The zero-order valence-electron chi connectivity index (χ0n) is 18.9. The van der Waals surface area contributed by atoms with Crippen molar-refractivity contribution in [2.45, 2.75) is 114 Å². The van der Waals surface area contributed by atoms with E-state index in [9.17, 15) is 30.6 Å². The molecule has 2 heterocycles. The lowest BCUT2D eigenvalue weighted by Crippen LogP contribution is -2.65. The van der Waals surface area contributed by atoms with Crippen LogP contribution < -0.4 is 0 Å². The average Bonchev–Trinajstić information content (AvgIpc) is 2.64. The Morgan fingerprint density at radius 1 is 0.613 bits per heavy atom. The van der Waals surface area contributed by atoms with Gasteiger partial charge >= 0.3 is 0 Å². The molecule has 2 aliphatic heterocycles. The van der Waals surface area contributed by atoms with E-state index in [1.807, 2.05) is 0 Å². The summed E-state index contributed by atoms with van der Waals surface area (Å²) in [5.74, 6) is 0. The second-order valence-corrected chi connectivity index (χ2v) is 9.94. The number of aliphatic hydroxyl groups excluding tert-OH is 6. The third kappa shape index (κ3) is 6.78. The lowest BCUT2D eigenvalue weighted by atomic mass is 9.96. The number of aliphatic hydroxyl groups is 6. The molecule has 0 aromatic heterocycles. The largest absolute Gasteiger partial charge is 0.394 e. The highest BCUT2D eigenvalue weighted by Crippen LogP contribution is 2.32. The molecule has 0 radical (unpaired) electrons. The SMILES string of the molecule is CC(C)(C)OC1OC(CO)C(OC2OC(CO)C(OC(C)(C)C)C(O)C2O)C(O)C1O. The third-order valence-corrected chi connectivity index (χ3v) is 4.89. The van der Waals surface area contributed by atoms with Crippen LogP contribution in [0.2, 0.25) is 0 Å². The number of hydrogen-bond acceptors (Lipinski definition) is 11. The summed E-state index contributed by atoms with van der Waals surface area (Å²) < 4.78 is 28.1. The van der Waals surface area contributed by atoms with E-state index in [0.717, 1.165) is 0 Å². The predicted octanol–water partition coefficient (Wildman–Crippen LogP) is -1.75. The molecular weight excluding hydrogens is 416 g/mol. The lowest BCUT2D eigenvalue weighted by molar-refractivity contribution is -0.370. The molecule has 6 N–H and O–H groups in total. The van der Waals surface area contributed by atoms with Crippen LogP contribution in [0.4, 0.5) is 0 Å². The molecule has 2 fully saturated rings. The van der Waals surface area contributed by atoms with Crippen LogP contribution in [0.25, 0.3) is 0 Å². The standard InChI is InChI=1S/C20H38O11/c1-19(2,3)30-16-10(8-22)27-17(13(25)12(16)24)29-15-9(7-21)28-18(14(26)11(15)23)31-20(4,5)6/h9-18,21-26H,7-8H2,1-6H3. The maximum Gasteiger partial charge on any atom is 0.187 e. The predicted molar refractivity (Wildman–Crippen MR) is 106 cm³/mol. The number of hydrogen-bond donors (Lipinski definition) is 6. The Hall–Kier alpha value is -0.440. The van der Waals surface area contributed by atoms with Crippen LogP contribution >= 0.6 is 0 Å². The van der Waals surface area contributed by atoms with E-state index in [0.29, 0.717) is 0 Å². The minimum Gasteiger partial charge on any atom is -0.394 e. The Bertz CT molecular complexity index is 556. The summed E-state index contributed by atoms with van der Waals surface area (Å²) in [5, 5.41) is 61.5. The molecular formula is C20H38O11. The van der Waals surface area contributed by atoms with Crippen molar-refractivity contribution >= 4 is 0 Å². The van der Waals surface area contributed by atoms with E-state index < -0.39 is 85.8 Å². The quantitative estimate of drug-likeness (QED) is 0.269. The highest BCUT2D eigenvalue weighted by Gasteiger charge is 2.52. The van der Waals surface area contributed by atoms with E-state index in [1.54, 1.807) is 41.5 Å². The van der Waals surface area contributed by atoms with Gasteiger partial charge in [0.15, 0.2) is 12.6 Å². The van der Waals surface area contributed by atoms with Gasteiger partial charge < -0.3 is 54.3 Å². The number of rotatable bonds is 6. The summed E-state index contributed by atoms with van der Waals surface area (Å²) in [6, 6.07) is 0. The maximum atomic E-state index is 10.6. The van der Waals surface area contributed by atoms with Crippen molar-refractivity contribution < 1.29 is 54.3 Å². The van der Waals surface area contributed by atoms with Crippen LogP contribution in [0.5, 0.6) is 0 Å². The molecule has 0 spiro atoms. The van der Waals surface area contributed by atoms with Crippen molar-refractivity contribution in [1.29, 1.82) is 0 Å². The average molecular weight is 455 g/mol. The van der Waals surface area contributed by atoms with Gasteiger partial charge in [-0.1, -0.05) is 0 Å². The number of ether oxygens (including phenoxy) is 5. The second kappa shape index (κ2) is 10.2. The van der Waals surface area contributed by atoms with E-state index >= 15 is 0 Å². The van der Waals surface area contributed by atoms with Gasteiger partial charge in [-0.3, -0.25) is 0 Å². The monoisotopic (exact) mass is 454 g/mol. The normalized spacial score (nSPS) is 42.6. The maximum absolute atomic E-state index is 10.6. The van der Waals surface area contributed by atoms with E-state index in [-0.39, 0.29) is 0 Å². The first-order chi connectivity index (χ1) is 14.2. The highest BCUT2D eigenvalue weighted by atomic mass is 16.7. The van der Waals surface area contributed by atoms with E-state index in [1.165, 1.54) is 0 Å². The lowest BCUT2D eigenvalue weighted by Gasteiger charge is -2.48. The van der Waals surface area contributed by atoms with Crippen LogP contribution in [0.15, 0.2) is 0 Å². The van der Waals surface area contributed by atoms with Crippen LogP contribution in [-0.4, -0.2) is 116 Å². The van der Waals surface area contributed by atoms with Gasteiger partial charge in [-0.15, -0.1) is 0 Å². The Morgan fingerprint density at radius 3 is 1.52 bits per heavy atom. The van der Waals surface area contributed by atoms with Crippen molar-refractivity contribution in [2.75, 3.05) is 13.2 Å². The molecule has 11 nitrogen and oxygen atoms in total. The summed E-state index contributed by atoms with van der Waals surface area (Å²) in [5.41, 5.74) is -1.38. The van der Waals surface area contributed by atoms with Gasteiger partial charge in [0.05, 0.1) is 24.4 Å². The first-order valence-electron chi connectivity index (χ1n) is 10.4. The molecule has 11 heteroatoms. The topological polar surface area (TPSA) is 168 Å². The summed E-state index contributed by atoms with van der Waals surface area (Å²) >= 11 is 0. The smallest absolute Gasteiger partial charge is 0.187 e. The Kier molecular flexibility index (Phi) is 8.84. The molecule has 2 rings (SSSR count). The fraction of sp³-hybridized carbons (Fsp3) is 1.00. The van der Waals surface area contributed by atoms with Crippen molar-refractivity contribution in [3.63, 3.8) is 0 Å². The van der Waals surface area contributed by atoms with Gasteiger partial charge in [-0.2, -0.15) is 0 Å². The first-order valence-corrected chi connectivity index (χ1v) is 10.4. The molecule has 2 aliphatic rings. The summed E-state index contributed by atoms with van der Waals surface area (Å²) in [7, 11) is 0. The third-order valence-electron chi connectivity index (χ3n) is 4.89. The molecule has 0 aromatic rings. The van der Waals surface area contributed by atoms with Gasteiger partial charge in [0.2, 0.25) is 0 Å². The van der Waals surface area contributed by atoms with Crippen LogP contribution in [0.1, 0.15) is 41.5 Å². The molecule has 10 unspecified atom stereocenters. The van der Waals surface area contributed by atoms with Crippen LogP contribution in [0, 0.1) is 0 Å².